The minimum atomic E-state index is -0.493. The van der Waals surface area contributed by atoms with Gasteiger partial charge in [0.15, 0.2) is 0 Å². The Morgan fingerprint density at radius 1 is 1.36 bits per heavy atom. The quantitative estimate of drug-likeness (QED) is 0.581. The number of aliphatic hydroxyl groups is 1. The van der Waals surface area contributed by atoms with Gasteiger partial charge < -0.3 is 18.3 Å². The van der Waals surface area contributed by atoms with E-state index in [4.69, 9.17) is 5.73 Å². The number of fused-ring (bicyclic) bond motifs is 1. The van der Waals surface area contributed by atoms with E-state index in [0.29, 0.717) is 6.42 Å². The van der Waals surface area contributed by atoms with Crippen molar-refractivity contribution in [1.29, 1.82) is 0 Å². The molecule has 0 aliphatic heterocycles. The molecule has 0 saturated carbocycles. The molecule has 0 spiro atoms. The molecule has 80 valence electrons. The molecule has 1 aromatic rings. The Morgan fingerprint density at radius 3 is 2.50 bits per heavy atom. The van der Waals surface area contributed by atoms with Crippen molar-refractivity contribution in [1.82, 2.24) is 0 Å². The van der Waals surface area contributed by atoms with E-state index in [2.05, 4.69) is 9.69 Å². The molecule has 2 atom stereocenters. The van der Waals surface area contributed by atoms with Crippen molar-refractivity contribution in [2.45, 2.75) is 18.6 Å². The molecule has 1 unspecified atom stereocenters. The third kappa shape index (κ3) is 2.77. The molecule has 4 heteroatoms. The Morgan fingerprint density at radius 2 is 1.93 bits per heavy atom. The van der Waals surface area contributed by atoms with Crippen LogP contribution >= 0.6 is 9.69 Å². The molecule has 1 aliphatic rings. The molecule has 0 radical (unpaired) electrons. The van der Waals surface area contributed by atoms with Gasteiger partial charge in [0.1, 0.15) is 0 Å². The van der Waals surface area contributed by atoms with Gasteiger partial charge in [-0.15, -0.1) is 0 Å². The second-order valence-corrected chi connectivity index (χ2v) is 2.95. The first-order chi connectivity index (χ1) is 6.29. The van der Waals surface area contributed by atoms with Crippen LogP contribution in [0.5, 0.6) is 0 Å². The molecule has 0 aromatic heterocycles. The van der Waals surface area contributed by atoms with Crippen LogP contribution in [-0.4, -0.2) is 11.2 Å². The first kappa shape index (κ1) is 14.1. The second-order valence-electron chi connectivity index (χ2n) is 2.95. The Bertz CT molecular complexity index is 283. The first-order valence-corrected chi connectivity index (χ1v) is 5.99. The summed E-state index contributed by atoms with van der Waals surface area (Å²) in [5, 5.41) is 9.33. The minimum absolute atomic E-state index is 0. The number of rotatable bonds is 0. The van der Waals surface area contributed by atoms with E-state index in [0.717, 1.165) is 11.1 Å². The number of halogens is 1. The smallest absolute Gasteiger partial charge is 0.0459 e. The maximum atomic E-state index is 9.33. The van der Waals surface area contributed by atoms with Crippen molar-refractivity contribution >= 4 is 9.69 Å². The van der Waals surface area contributed by atoms with Crippen LogP contribution in [0.3, 0.4) is 0 Å². The summed E-state index contributed by atoms with van der Waals surface area (Å²) in [7, 11) is 4.53. The third-order valence-corrected chi connectivity index (χ3v) is 2.20. The van der Waals surface area contributed by atoms with Crippen molar-refractivity contribution in [3.05, 3.63) is 48.6 Å². The average molecular weight is 302 g/mol. The largest absolute Gasteiger partial charge is 0.669 e. The van der Waals surface area contributed by atoms with Gasteiger partial charge in [0.25, 0.3) is 0 Å². The first-order valence-electron chi connectivity index (χ1n) is 3.88. The van der Waals surface area contributed by atoms with Crippen LogP contribution in [0, 0.1) is 7.43 Å². The van der Waals surface area contributed by atoms with E-state index in [1.807, 2.05) is 41.6 Å². The summed E-state index contributed by atoms with van der Waals surface area (Å²) in [5.74, 6) is 0. The van der Waals surface area contributed by atoms with E-state index in [9.17, 15) is 5.11 Å². The number of aliphatic hydroxyl groups excluding tert-OH is 1. The Kier molecular flexibility index (Phi) is 6.55. The van der Waals surface area contributed by atoms with E-state index >= 15 is 0 Å². The topological polar surface area (TPSA) is 44.0 Å². The summed E-state index contributed by atoms with van der Waals surface area (Å²) in [6.07, 6.45) is 0.150. The van der Waals surface area contributed by atoms with Gasteiger partial charge in [0.05, 0.1) is 0 Å². The van der Waals surface area contributed by atoms with Gasteiger partial charge in [-0.25, -0.2) is 0 Å². The molecular weight excluding hydrogens is 288 g/mol. The number of hydrogen-bond acceptors (Lipinski definition) is 1. The zero-order valence-electron chi connectivity index (χ0n) is 7.83. The van der Waals surface area contributed by atoms with Gasteiger partial charge >= 0.3 is 27.0 Å². The maximum Gasteiger partial charge on any atom is 0.0459 e. The van der Waals surface area contributed by atoms with Crippen molar-refractivity contribution in [3.63, 3.8) is 0 Å². The van der Waals surface area contributed by atoms with Gasteiger partial charge in [-0.2, -0.15) is 0 Å². The molecule has 1 aromatic carbocycles. The summed E-state index contributed by atoms with van der Waals surface area (Å²) < 4.78 is 0. The molecule has 1 aliphatic carbocycles. The molecule has 0 fully saturated rings. The van der Waals surface area contributed by atoms with E-state index in [1.165, 1.54) is 0 Å². The summed E-state index contributed by atoms with van der Waals surface area (Å²) in [6.45, 7) is 0. The van der Waals surface area contributed by atoms with Crippen LogP contribution in [-0.2, 0) is 23.7 Å². The molecule has 0 heterocycles. The summed E-state index contributed by atoms with van der Waals surface area (Å²) >= 11 is 2.02. The number of hydrogen-bond donors (Lipinski definition) is 1. The standard InChI is InChI=1S/C9H10NO.CH3.ClH.Rh/c10-9-7-4-2-1-3-6(7)5-8(9)11;;;/h1-4,8-11H,5H2;1H3;1H;/q2*-1;;+3/p-1/t8?,9-;;;/m1.../s1. The zero-order valence-corrected chi connectivity index (χ0v) is 10.2. The van der Waals surface area contributed by atoms with Crippen LogP contribution in [0.4, 0.5) is 0 Å². The Balaban J connectivity index is 0.000000531. The zero-order chi connectivity index (χ0) is 9.84. The number of nitrogens with one attached hydrogen (secondary N) is 1. The summed E-state index contributed by atoms with van der Waals surface area (Å²) in [4.78, 5) is 0. The van der Waals surface area contributed by atoms with Gasteiger partial charge in [-0.3, -0.25) is 0 Å². The van der Waals surface area contributed by atoms with Crippen LogP contribution in [0.1, 0.15) is 17.2 Å². The Hall–Kier alpha value is 0.0534. The normalized spacial score (nSPS) is 22.9. The second kappa shape index (κ2) is 6.52. The number of benzene rings is 1. The van der Waals surface area contributed by atoms with Crippen molar-refractivity contribution < 1.29 is 22.4 Å². The van der Waals surface area contributed by atoms with Gasteiger partial charge in [-0.05, 0) is 12.0 Å². The third-order valence-electron chi connectivity index (χ3n) is 2.20. The molecule has 0 saturated heterocycles. The van der Waals surface area contributed by atoms with E-state index in [1.54, 1.807) is 0 Å². The predicted octanol–water partition coefficient (Wildman–Crippen LogP) is 2.83. The predicted molar refractivity (Wildman–Crippen MR) is 55.5 cm³/mol. The van der Waals surface area contributed by atoms with Crippen LogP contribution in [0.2, 0.25) is 0 Å². The summed E-state index contributed by atoms with van der Waals surface area (Å²) in [6, 6.07) is 7.34. The SMILES string of the molecule is [CH3-].[Cl][Rh+2].[NH-][C@@H]1c2ccccc2CC1O. The van der Waals surface area contributed by atoms with Crippen molar-refractivity contribution in [3.8, 4) is 0 Å². The fourth-order valence-electron chi connectivity index (χ4n) is 1.57. The van der Waals surface area contributed by atoms with Gasteiger partial charge in [-0.1, -0.05) is 35.9 Å². The molecule has 2 nitrogen and oxygen atoms in total. The fourth-order valence-corrected chi connectivity index (χ4v) is 1.57. The Labute approximate surface area is 99.2 Å². The van der Waals surface area contributed by atoms with Gasteiger partial charge in [0, 0.05) is 6.10 Å². The maximum absolute atomic E-state index is 9.33. The molecule has 14 heavy (non-hydrogen) atoms. The molecular formula is C10H13ClNORh. The van der Waals surface area contributed by atoms with Gasteiger partial charge in [0.2, 0.25) is 0 Å². The van der Waals surface area contributed by atoms with Crippen LogP contribution in [0.15, 0.2) is 24.3 Å². The van der Waals surface area contributed by atoms with Crippen molar-refractivity contribution in [2.75, 3.05) is 0 Å². The molecule has 2 rings (SSSR count). The monoisotopic (exact) mass is 301 g/mol. The van der Waals surface area contributed by atoms with Crippen LogP contribution in [0.25, 0.3) is 5.73 Å². The van der Waals surface area contributed by atoms with E-state index in [-0.39, 0.29) is 7.43 Å². The van der Waals surface area contributed by atoms with E-state index < -0.39 is 12.1 Å². The van der Waals surface area contributed by atoms with Crippen molar-refractivity contribution in [2.24, 2.45) is 0 Å². The molecule has 2 N–H and O–H groups in total. The van der Waals surface area contributed by atoms with Crippen LogP contribution < -0.4 is 0 Å². The fraction of sp³-hybridized carbons (Fsp3) is 0.300. The molecule has 0 amide bonds. The average Bonchev–Trinajstić information content (AvgIpc) is 2.47. The minimum Gasteiger partial charge on any atom is -0.669 e. The summed E-state index contributed by atoms with van der Waals surface area (Å²) in [5.41, 5.74) is 9.68. The molecule has 0 bridgehead atoms.